The lowest BCUT2D eigenvalue weighted by atomic mass is 9.94. The molecule has 0 bridgehead atoms. The molecule has 0 saturated heterocycles. The predicted octanol–water partition coefficient (Wildman–Crippen LogP) is 11.1. The Bertz CT molecular complexity index is 429. The molecule has 34 heavy (non-hydrogen) atoms. The topological polar surface area (TPSA) is 26.3 Å². The molecule has 0 N–H and O–H groups in total. The van der Waals surface area contributed by atoms with Crippen molar-refractivity contribution in [3.63, 3.8) is 0 Å². The summed E-state index contributed by atoms with van der Waals surface area (Å²) < 4.78 is 5.68. The molecule has 2 nitrogen and oxygen atoms in total. The van der Waals surface area contributed by atoms with Crippen LogP contribution in [0.3, 0.4) is 0 Å². The first-order valence-corrected chi connectivity index (χ1v) is 15.6. The van der Waals surface area contributed by atoms with Crippen LogP contribution in [-0.4, -0.2) is 12.6 Å². The molecule has 0 heterocycles. The Balaban J connectivity index is 3.92. The summed E-state index contributed by atoms with van der Waals surface area (Å²) in [7, 11) is 0. The maximum absolute atomic E-state index is 12.7. The Morgan fingerprint density at radius 3 is 1.38 bits per heavy atom. The van der Waals surface area contributed by atoms with E-state index in [9.17, 15) is 4.79 Å². The van der Waals surface area contributed by atoms with Gasteiger partial charge in [0.2, 0.25) is 0 Å². The van der Waals surface area contributed by atoms with Crippen LogP contribution in [0.2, 0.25) is 0 Å². The van der Waals surface area contributed by atoms with E-state index in [2.05, 4.69) is 32.9 Å². The standard InChI is InChI=1S/C32H62O2/c1-4-7-10-13-14-15-16-17-18-19-20-21-23-26-29-31(28-25-22-11-8-5-2)32(33)34-30-27-24-12-9-6-3/h17-18,31H,4-16,19-30H2,1-3H3/b18-17-. The summed E-state index contributed by atoms with van der Waals surface area (Å²) >= 11 is 0. The second-order valence-electron chi connectivity index (χ2n) is 10.5. The fraction of sp³-hybridized carbons (Fsp3) is 0.906. The first-order chi connectivity index (χ1) is 16.8. The van der Waals surface area contributed by atoms with Gasteiger partial charge in [-0.2, -0.15) is 0 Å². The zero-order valence-electron chi connectivity index (χ0n) is 23.7. The van der Waals surface area contributed by atoms with Crippen LogP contribution >= 0.6 is 0 Å². The first kappa shape index (κ1) is 33.2. The number of unbranched alkanes of at least 4 members (excludes halogenated alkanes) is 18. The summed E-state index contributed by atoms with van der Waals surface area (Å²) in [4.78, 5) is 12.7. The van der Waals surface area contributed by atoms with Crippen LogP contribution in [0.5, 0.6) is 0 Å². The number of esters is 1. The molecule has 1 unspecified atom stereocenters. The Morgan fingerprint density at radius 1 is 0.529 bits per heavy atom. The normalized spacial score (nSPS) is 12.4. The lowest BCUT2D eigenvalue weighted by Gasteiger charge is -2.16. The molecule has 0 aliphatic heterocycles. The molecule has 0 aromatic carbocycles. The molecular formula is C32H62O2. The van der Waals surface area contributed by atoms with Crippen LogP contribution in [0.4, 0.5) is 0 Å². The quantitative estimate of drug-likeness (QED) is 0.0666. The zero-order valence-corrected chi connectivity index (χ0v) is 23.7. The van der Waals surface area contributed by atoms with Crippen LogP contribution in [0.1, 0.15) is 175 Å². The Morgan fingerprint density at radius 2 is 0.912 bits per heavy atom. The smallest absolute Gasteiger partial charge is 0.308 e. The summed E-state index contributed by atoms with van der Waals surface area (Å²) in [6.07, 6.45) is 35.0. The molecule has 0 rings (SSSR count). The highest BCUT2D eigenvalue weighted by atomic mass is 16.5. The summed E-state index contributed by atoms with van der Waals surface area (Å²) in [5.41, 5.74) is 0. The predicted molar refractivity (Wildman–Crippen MR) is 151 cm³/mol. The molecule has 0 amide bonds. The van der Waals surface area contributed by atoms with Crippen molar-refractivity contribution < 1.29 is 9.53 Å². The SMILES string of the molecule is CCCCCCCC/C=C\CCCCCCC(CCCCCCC)C(=O)OCCCCCCC. The van der Waals surface area contributed by atoms with Crippen molar-refractivity contribution in [3.05, 3.63) is 12.2 Å². The van der Waals surface area contributed by atoms with Crippen LogP contribution in [0, 0.1) is 5.92 Å². The lowest BCUT2D eigenvalue weighted by molar-refractivity contribution is -0.149. The van der Waals surface area contributed by atoms with Crippen molar-refractivity contribution in [1.29, 1.82) is 0 Å². The van der Waals surface area contributed by atoms with E-state index in [0.29, 0.717) is 6.61 Å². The molecule has 202 valence electrons. The third kappa shape index (κ3) is 24.3. The molecule has 0 aromatic rings. The fourth-order valence-electron chi connectivity index (χ4n) is 4.66. The van der Waals surface area contributed by atoms with E-state index >= 15 is 0 Å². The van der Waals surface area contributed by atoms with Gasteiger partial charge in [-0.3, -0.25) is 4.79 Å². The van der Waals surface area contributed by atoms with Gasteiger partial charge in [0.05, 0.1) is 12.5 Å². The third-order valence-corrected chi connectivity index (χ3v) is 7.05. The molecule has 0 aromatic heterocycles. The molecular weight excluding hydrogens is 416 g/mol. The van der Waals surface area contributed by atoms with Crippen molar-refractivity contribution in [2.45, 2.75) is 175 Å². The number of hydrogen-bond acceptors (Lipinski definition) is 2. The van der Waals surface area contributed by atoms with Crippen molar-refractivity contribution in [2.24, 2.45) is 5.92 Å². The summed E-state index contributed by atoms with van der Waals surface area (Å²) in [5.74, 6) is 0.220. The van der Waals surface area contributed by atoms with Gasteiger partial charge < -0.3 is 4.74 Å². The monoisotopic (exact) mass is 478 g/mol. The highest BCUT2D eigenvalue weighted by molar-refractivity contribution is 5.72. The molecule has 0 radical (unpaired) electrons. The van der Waals surface area contributed by atoms with E-state index in [1.54, 1.807) is 0 Å². The minimum absolute atomic E-state index is 0.0867. The van der Waals surface area contributed by atoms with E-state index in [-0.39, 0.29) is 11.9 Å². The average molecular weight is 479 g/mol. The van der Waals surface area contributed by atoms with E-state index in [1.807, 2.05) is 0 Å². The van der Waals surface area contributed by atoms with Crippen molar-refractivity contribution in [1.82, 2.24) is 0 Å². The van der Waals surface area contributed by atoms with Gasteiger partial charge in [0, 0.05) is 0 Å². The number of carbonyl (C=O) groups excluding carboxylic acids is 1. The molecule has 0 saturated carbocycles. The number of ether oxygens (including phenoxy) is 1. The van der Waals surface area contributed by atoms with Crippen molar-refractivity contribution >= 4 is 5.97 Å². The largest absolute Gasteiger partial charge is 0.465 e. The number of rotatable bonds is 27. The number of hydrogen-bond donors (Lipinski definition) is 0. The van der Waals surface area contributed by atoms with E-state index in [1.165, 1.54) is 135 Å². The van der Waals surface area contributed by atoms with Gasteiger partial charge in [-0.25, -0.2) is 0 Å². The van der Waals surface area contributed by atoms with Gasteiger partial charge in [-0.15, -0.1) is 0 Å². The average Bonchev–Trinajstić information content (AvgIpc) is 2.84. The van der Waals surface area contributed by atoms with Gasteiger partial charge in [0.1, 0.15) is 0 Å². The molecule has 0 spiro atoms. The molecule has 0 aliphatic carbocycles. The van der Waals surface area contributed by atoms with E-state index in [4.69, 9.17) is 4.74 Å². The van der Waals surface area contributed by atoms with Gasteiger partial charge in [-0.1, -0.05) is 142 Å². The van der Waals surface area contributed by atoms with Crippen LogP contribution in [0.25, 0.3) is 0 Å². The summed E-state index contributed by atoms with van der Waals surface area (Å²) in [6.45, 7) is 7.40. The Hall–Kier alpha value is -0.790. The highest BCUT2D eigenvalue weighted by Gasteiger charge is 2.19. The maximum atomic E-state index is 12.7. The third-order valence-electron chi connectivity index (χ3n) is 7.05. The van der Waals surface area contributed by atoms with Crippen LogP contribution < -0.4 is 0 Å². The zero-order chi connectivity index (χ0) is 25.0. The lowest BCUT2D eigenvalue weighted by Crippen LogP contribution is -2.18. The van der Waals surface area contributed by atoms with Crippen LogP contribution in [0.15, 0.2) is 12.2 Å². The van der Waals surface area contributed by atoms with Gasteiger partial charge in [0.25, 0.3) is 0 Å². The van der Waals surface area contributed by atoms with Crippen LogP contribution in [-0.2, 0) is 9.53 Å². The fourth-order valence-corrected chi connectivity index (χ4v) is 4.66. The molecule has 2 heteroatoms. The number of allylic oxidation sites excluding steroid dienone is 2. The molecule has 1 atom stereocenters. The second-order valence-corrected chi connectivity index (χ2v) is 10.5. The van der Waals surface area contributed by atoms with Gasteiger partial charge in [-0.05, 0) is 44.9 Å². The van der Waals surface area contributed by atoms with Crippen molar-refractivity contribution in [2.75, 3.05) is 6.61 Å². The molecule has 0 fully saturated rings. The van der Waals surface area contributed by atoms with Gasteiger partial charge >= 0.3 is 5.97 Å². The Labute approximate surface area is 215 Å². The van der Waals surface area contributed by atoms with Gasteiger partial charge in [0.15, 0.2) is 0 Å². The minimum atomic E-state index is 0.0867. The highest BCUT2D eigenvalue weighted by Crippen LogP contribution is 2.21. The minimum Gasteiger partial charge on any atom is -0.465 e. The van der Waals surface area contributed by atoms with E-state index < -0.39 is 0 Å². The Kier molecular flexibility index (Phi) is 27.8. The number of carbonyl (C=O) groups is 1. The first-order valence-electron chi connectivity index (χ1n) is 15.6. The second kappa shape index (κ2) is 28.4. The van der Waals surface area contributed by atoms with E-state index in [0.717, 1.165) is 19.3 Å². The summed E-state index contributed by atoms with van der Waals surface area (Å²) in [5, 5.41) is 0. The van der Waals surface area contributed by atoms with Crippen molar-refractivity contribution in [3.8, 4) is 0 Å². The summed E-state index contributed by atoms with van der Waals surface area (Å²) in [6, 6.07) is 0. The molecule has 0 aliphatic rings. The maximum Gasteiger partial charge on any atom is 0.308 e.